The largest absolute Gasteiger partial charge is 0.461 e. The monoisotopic (exact) mass is 802 g/mol. The minimum absolute atomic E-state index is 0.0249. The first-order valence-electron chi connectivity index (χ1n) is 17.4. The highest BCUT2D eigenvalue weighted by atomic mass is 35.5. The molecule has 2 N–H and O–H groups in total. The van der Waals surface area contributed by atoms with Crippen molar-refractivity contribution in [2.24, 2.45) is 0 Å². The van der Waals surface area contributed by atoms with Crippen LogP contribution in [0.5, 0.6) is 6.01 Å². The maximum Gasteiger partial charge on any atom is 0.453 e. The van der Waals surface area contributed by atoms with Gasteiger partial charge in [-0.3, -0.25) is 4.90 Å². The topological polar surface area (TPSA) is 142 Å². The van der Waals surface area contributed by atoms with Gasteiger partial charge in [-0.25, -0.2) is 22.9 Å². The van der Waals surface area contributed by atoms with Gasteiger partial charge >= 0.3 is 18.2 Å². The van der Waals surface area contributed by atoms with Crippen molar-refractivity contribution in [1.82, 2.24) is 34.5 Å². The van der Waals surface area contributed by atoms with Crippen LogP contribution in [0.3, 0.4) is 0 Å². The first-order valence-corrected chi connectivity index (χ1v) is 18.6. The van der Waals surface area contributed by atoms with Gasteiger partial charge in [-0.15, -0.1) is 16.4 Å². The molecule has 0 bridgehead atoms. The molecule has 4 saturated heterocycles. The summed E-state index contributed by atoms with van der Waals surface area (Å²) >= 11 is 7.70. The van der Waals surface area contributed by atoms with E-state index in [0.717, 1.165) is 30.2 Å². The number of fused-ring (bicyclic) bond motifs is 3. The second kappa shape index (κ2) is 12.5. The van der Waals surface area contributed by atoms with Crippen molar-refractivity contribution in [2.75, 3.05) is 50.0 Å². The van der Waals surface area contributed by atoms with Gasteiger partial charge in [-0.05, 0) is 49.9 Å². The van der Waals surface area contributed by atoms with Crippen LogP contribution in [-0.4, -0.2) is 97.1 Å². The Morgan fingerprint density at radius 2 is 1.96 bits per heavy atom. The van der Waals surface area contributed by atoms with Crippen molar-refractivity contribution in [3.63, 3.8) is 0 Å². The van der Waals surface area contributed by atoms with Crippen LogP contribution in [0.25, 0.3) is 32.1 Å². The quantitative estimate of drug-likeness (QED) is 0.189. The van der Waals surface area contributed by atoms with Gasteiger partial charge in [0.25, 0.3) is 5.82 Å². The van der Waals surface area contributed by atoms with Crippen LogP contribution in [0.2, 0.25) is 5.02 Å². The molecule has 20 heteroatoms. The molecule has 55 heavy (non-hydrogen) atoms. The van der Waals surface area contributed by atoms with Crippen LogP contribution in [-0.2, 0) is 6.18 Å². The lowest BCUT2D eigenvalue weighted by Gasteiger charge is -2.50. The normalized spacial score (nSPS) is 23.9. The van der Waals surface area contributed by atoms with E-state index >= 15 is 4.39 Å². The number of nitriles is 1. The van der Waals surface area contributed by atoms with Gasteiger partial charge in [0.2, 0.25) is 0 Å². The Hall–Kier alpha value is -4.93. The number of benzene rings is 2. The Balaban J connectivity index is 1.13. The molecule has 2 aromatic carbocycles. The summed E-state index contributed by atoms with van der Waals surface area (Å²) in [5, 5.41) is 13.5. The summed E-state index contributed by atoms with van der Waals surface area (Å²) in [4.78, 5) is 31.2. The van der Waals surface area contributed by atoms with Crippen LogP contribution in [0.1, 0.15) is 43.5 Å². The summed E-state index contributed by atoms with van der Waals surface area (Å²) in [5.74, 6) is -2.76. The smallest absolute Gasteiger partial charge is 0.453 e. The molecule has 4 fully saturated rings. The number of carbonyl (C=O) groups is 1. The number of thiophene rings is 1. The molecule has 1 spiro atoms. The van der Waals surface area contributed by atoms with Gasteiger partial charge in [0.05, 0.1) is 26.4 Å². The fraction of sp³-hybridized carbons (Fsp3) is 0.429. The van der Waals surface area contributed by atoms with Crippen LogP contribution >= 0.6 is 22.9 Å². The highest BCUT2D eigenvalue weighted by Crippen LogP contribution is 2.48. The number of carbonyl (C=O) groups excluding carboxylic acids is 1. The molecule has 0 aliphatic carbocycles. The van der Waals surface area contributed by atoms with Gasteiger partial charge in [-0.1, -0.05) is 17.7 Å². The van der Waals surface area contributed by atoms with Crippen LogP contribution < -0.4 is 15.4 Å². The highest BCUT2D eigenvalue weighted by Gasteiger charge is 2.53. The van der Waals surface area contributed by atoms with E-state index in [1.165, 1.54) is 17.0 Å². The average molecular weight is 803 g/mol. The number of hydrogen-bond donors (Lipinski definition) is 1. The van der Waals surface area contributed by atoms with Crippen LogP contribution in [0.4, 0.5) is 42.0 Å². The number of aromatic nitrogens is 5. The lowest BCUT2D eigenvalue weighted by atomic mass is 9.84. The maximum atomic E-state index is 17.2. The SMILES string of the molecule is N#Cc1c(N)sc2c(F)ccc(-c3c(Cl)cc4c(N5CCC6(CCN6C(=O)n6cnc(C(F)(F)F)n6)C5)nc(OC[C@@]56CCCN5C[C@H](F)C6)nc4c3F)c12. The van der Waals surface area contributed by atoms with E-state index in [4.69, 9.17) is 27.1 Å². The van der Waals surface area contributed by atoms with E-state index in [2.05, 4.69) is 20.0 Å². The molecule has 5 aromatic rings. The summed E-state index contributed by atoms with van der Waals surface area (Å²) in [5.41, 5.74) is 4.42. The molecule has 3 atom stereocenters. The van der Waals surface area contributed by atoms with E-state index in [0.29, 0.717) is 37.0 Å². The van der Waals surface area contributed by atoms with E-state index in [1.807, 2.05) is 11.0 Å². The first kappa shape index (κ1) is 35.8. The Kier molecular flexibility index (Phi) is 8.15. The lowest BCUT2D eigenvalue weighted by molar-refractivity contribution is -0.144. The van der Waals surface area contributed by atoms with E-state index in [1.54, 1.807) is 0 Å². The van der Waals surface area contributed by atoms with Crippen LogP contribution in [0, 0.1) is 23.0 Å². The first-order chi connectivity index (χ1) is 26.2. The number of nitrogens with zero attached hydrogens (tertiary/aromatic N) is 9. The third kappa shape index (κ3) is 5.54. The van der Waals surface area contributed by atoms with Crippen molar-refractivity contribution >= 4 is 60.8 Å². The number of nitrogen functional groups attached to an aromatic ring is 1. The Bertz CT molecular complexity index is 2470. The number of alkyl halides is 4. The molecule has 0 radical (unpaired) electrons. The molecule has 1 amide bonds. The number of anilines is 2. The third-order valence-electron chi connectivity index (χ3n) is 11.4. The molecule has 0 saturated carbocycles. The van der Waals surface area contributed by atoms with Gasteiger partial charge in [0.1, 0.15) is 47.3 Å². The van der Waals surface area contributed by atoms with Crippen molar-refractivity contribution in [3.05, 3.63) is 52.6 Å². The van der Waals surface area contributed by atoms with Gasteiger partial charge in [0.15, 0.2) is 5.82 Å². The van der Waals surface area contributed by atoms with E-state index in [-0.39, 0.29) is 92.2 Å². The summed E-state index contributed by atoms with van der Waals surface area (Å²) < 4.78 is 93.1. The number of halogens is 7. The van der Waals surface area contributed by atoms with Gasteiger partial charge < -0.3 is 20.3 Å². The zero-order valence-electron chi connectivity index (χ0n) is 28.6. The summed E-state index contributed by atoms with van der Waals surface area (Å²) in [6, 6.07) is 4.95. The number of rotatable bonds is 5. The number of amides is 1. The Morgan fingerprint density at radius 3 is 2.69 bits per heavy atom. The molecular formula is C35H29ClF6N10O2S. The standard InChI is InChI=1S/C35H29ClF6N10O2S/c36-21-10-19-26(25(39)24(21)18-2-3-22(38)27-23(18)20(12-43)28(44)55-27)46-31(54-15-34-4-1-7-50(34)13-17(37)11-34)47-29(19)49-8-5-33(14-49)6-9-51(33)32(53)52-16-45-30(48-52)35(40,41)42/h2-3,10,16-17H,1,4-9,11,13-15,44H2/t17-,33?,34+/m1/s1. The summed E-state index contributed by atoms with van der Waals surface area (Å²) in [6.45, 7) is 1.78. The van der Waals surface area contributed by atoms with Crippen molar-refractivity contribution in [2.45, 2.75) is 55.5 Å². The number of ether oxygens (including phenoxy) is 1. The second-order valence-corrected chi connectivity index (χ2v) is 15.9. The van der Waals surface area contributed by atoms with Crippen LogP contribution in [0.15, 0.2) is 24.5 Å². The van der Waals surface area contributed by atoms with Crippen molar-refractivity contribution in [3.8, 4) is 23.2 Å². The Morgan fingerprint density at radius 1 is 1.16 bits per heavy atom. The predicted molar refractivity (Wildman–Crippen MR) is 190 cm³/mol. The highest BCUT2D eigenvalue weighted by molar-refractivity contribution is 7.23. The maximum absolute atomic E-state index is 17.2. The molecular weight excluding hydrogens is 774 g/mol. The fourth-order valence-electron chi connectivity index (χ4n) is 8.78. The minimum atomic E-state index is -4.83. The summed E-state index contributed by atoms with van der Waals surface area (Å²) in [6.07, 6.45) is -2.38. The molecule has 12 nitrogen and oxygen atoms in total. The van der Waals surface area contributed by atoms with E-state index in [9.17, 15) is 32.0 Å². The third-order valence-corrected chi connectivity index (χ3v) is 12.8. The van der Waals surface area contributed by atoms with Crippen molar-refractivity contribution < 1.29 is 35.9 Å². The van der Waals surface area contributed by atoms with Gasteiger partial charge in [0, 0.05) is 48.9 Å². The minimum Gasteiger partial charge on any atom is -0.461 e. The fourth-order valence-corrected chi connectivity index (χ4v) is 10.0. The second-order valence-electron chi connectivity index (χ2n) is 14.5. The number of hydrogen-bond acceptors (Lipinski definition) is 11. The van der Waals surface area contributed by atoms with E-state index < -0.39 is 46.9 Å². The molecule has 4 aliphatic heterocycles. The number of likely N-dealkylation sites (tertiary alicyclic amines) is 1. The lowest BCUT2D eigenvalue weighted by Crippen LogP contribution is -2.64. The summed E-state index contributed by atoms with van der Waals surface area (Å²) in [7, 11) is 0. The molecule has 9 rings (SSSR count). The zero-order valence-corrected chi connectivity index (χ0v) is 30.2. The zero-order chi connectivity index (χ0) is 38.6. The molecule has 286 valence electrons. The molecule has 3 aromatic heterocycles. The average Bonchev–Trinajstić information content (AvgIpc) is 3.96. The molecule has 7 heterocycles. The molecule has 1 unspecified atom stereocenters. The molecule has 4 aliphatic rings. The van der Waals surface area contributed by atoms with Gasteiger partial charge in [-0.2, -0.15) is 33.1 Å². The predicted octanol–water partition coefficient (Wildman–Crippen LogP) is 6.79. The van der Waals surface area contributed by atoms with Crippen molar-refractivity contribution in [1.29, 1.82) is 5.26 Å². The Labute approximate surface area is 317 Å². The number of nitrogens with two attached hydrogens (primary N) is 1.